The molecule has 0 saturated heterocycles. The second-order valence-corrected chi connectivity index (χ2v) is 7.81. The van der Waals surface area contributed by atoms with E-state index in [0.29, 0.717) is 10.8 Å². The third-order valence-electron chi connectivity index (χ3n) is 5.06. The maximum absolute atomic E-state index is 6.10. The summed E-state index contributed by atoms with van der Waals surface area (Å²) < 4.78 is 6.10. The topological polar surface area (TPSA) is 9.23 Å². The number of hydrogen-bond acceptors (Lipinski definition) is 1. The first-order chi connectivity index (χ1) is 7.91. The summed E-state index contributed by atoms with van der Waals surface area (Å²) in [6, 6.07) is 0. The van der Waals surface area contributed by atoms with Gasteiger partial charge in [-0.1, -0.05) is 40.5 Å². The Labute approximate surface area is 107 Å². The predicted molar refractivity (Wildman–Crippen MR) is 73.1 cm³/mol. The Morgan fingerprint density at radius 1 is 0.882 bits per heavy atom. The van der Waals surface area contributed by atoms with E-state index >= 15 is 0 Å². The highest BCUT2D eigenvalue weighted by atomic mass is 16.5. The molecule has 0 bridgehead atoms. The van der Waals surface area contributed by atoms with E-state index in [2.05, 4.69) is 27.7 Å². The van der Waals surface area contributed by atoms with Crippen LogP contribution in [-0.4, -0.2) is 13.2 Å². The first-order valence-corrected chi connectivity index (χ1v) is 7.49. The molecule has 1 nitrogen and oxygen atoms in total. The van der Waals surface area contributed by atoms with Crippen molar-refractivity contribution in [1.29, 1.82) is 0 Å². The van der Waals surface area contributed by atoms with E-state index in [1.165, 1.54) is 38.5 Å². The Morgan fingerprint density at radius 3 is 1.59 bits per heavy atom. The van der Waals surface area contributed by atoms with Gasteiger partial charge in [0.05, 0.1) is 13.2 Å². The third-order valence-corrected chi connectivity index (χ3v) is 5.06. The highest BCUT2D eigenvalue weighted by Gasteiger charge is 2.36. The van der Waals surface area contributed by atoms with Crippen LogP contribution in [-0.2, 0) is 4.74 Å². The maximum atomic E-state index is 6.10. The van der Waals surface area contributed by atoms with Crippen LogP contribution in [0, 0.1) is 22.7 Å². The fraction of sp³-hybridized carbons (Fsp3) is 1.00. The summed E-state index contributed by atoms with van der Waals surface area (Å²) >= 11 is 0. The van der Waals surface area contributed by atoms with Crippen LogP contribution in [0.3, 0.4) is 0 Å². The van der Waals surface area contributed by atoms with E-state index in [-0.39, 0.29) is 0 Å². The summed E-state index contributed by atoms with van der Waals surface area (Å²) in [6.45, 7) is 11.6. The van der Waals surface area contributed by atoms with Crippen molar-refractivity contribution in [2.45, 2.75) is 66.2 Å². The molecule has 1 heteroatoms. The molecule has 0 spiro atoms. The maximum Gasteiger partial charge on any atom is 0.0520 e. The molecule has 2 rings (SSSR count). The molecule has 0 aliphatic heterocycles. The van der Waals surface area contributed by atoms with E-state index < -0.39 is 0 Å². The van der Waals surface area contributed by atoms with Crippen molar-refractivity contribution in [1.82, 2.24) is 0 Å². The van der Waals surface area contributed by atoms with E-state index in [0.717, 1.165) is 25.0 Å². The van der Waals surface area contributed by atoms with Gasteiger partial charge in [0.2, 0.25) is 0 Å². The molecule has 4 atom stereocenters. The second-order valence-electron chi connectivity index (χ2n) is 7.81. The van der Waals surface area contributed by atoms with Crippen molar-refractivity contribution >= 4 is 0 Å². The van der Waals surface area contributed by atoms with Gasteiger partial charge in [0.15, 0.2) is 0 Å². The molecule has 0 aromatic carbocycles. The van der Waals surface area contributed by atoms with E-state index in [9.17, 15) is 0 Å². The molecule has 2 aliphatic rings. The lowest BCUT2D eigenvalue weighted by atomic mass is 9.87. The van der Waals surface area contributed by atoms with Crippen molar-refractivity contribution < 1.29 is 4.74 Å². The summed E-state index contributed by atoms with van der Waals surface area (Å²) in [5.41, 5.74) is 0.944. The standard InChI is InChI=1S/C16H30O/c1-13-5-7-15(3,9-13)11-17-12-16(4)8-6-14(2)10-16/h13-14H,5-12H2,1-4H3. The molecule has 100 valence electrons. The SMILES string of the molecule is CC1CCC(C)(COCC2(C)CCC(C)C2)C1. The Bertz CT molecular complexity index is 236. The molecular weight excluding hydrogens is 208 g/mol. The molecular formula is C16H30O. The van der Waals surface area contributed by atoms with Gasteiger partial charge < -0.3 is 4.74 Å². The molecule has 0 N–H and O–H groups in total. The average molecular weight is 238 g/mol. The van der Waals surface area contributed by atoms with Gasteiger partial charge in [-0.15, -0.1) is 0 Å². The minimum atomic E-state index is 0.472. The van der Waals surface area contributed by atoms with Gasteiger partial charge in [-0.05, 0) is 48.3 Å². The zero-order valence-electron chi connectivity index (χ0n) is 12.2. The fourth-order valence-corrected chi connectivity index (χ4v) is 4.09. The molecule has 0 aromatic rings. The molecule has 2 fully saturated rings. The number of rotatable bonds is 4. The number of ether oxygens (including phenoxy) is 1. The van der Waals surface area contributed by atoms with Crippen molar-refractivity contribution in [3.05, 3.63) is 0 Å². The normalized spacial score (nSPS) is 46.6. The lowest BCUT2D eigenvalue weighted by Crippen LogP contribution is -2.26. The molecule has 17 heavy (non-hydrogen) atoms. The van der Waals surface area contributed by atoms with E-state index in [1.54, 1.807) is 0 Å². The largest absolute Gasteiger partial charge is 0.380 e. The summed E-state index contributed by atoms with van der Waals surface area (Å²) in [6.07, 6.45) is 8.24. The van der Waals surface area contributed by atoms with E-state index in [4.69, 9.17) is 4.74 Å². The highest BCUT2D eigenvalue weighted by molar-refractivity contribution is 4.86. The van der Waals surface area contributed by atoms with Crippen LogP contribution in [0.4, 0.5) is 0 Å². The van der Waals surface area contributed by atoms with Gasteiger partial charge in [0, 0.05) is 0 Å². The minimum absolute atomic E-state index is 0.472. The third kappa shape index (κ3) is 3.47. The summed E-state index contributed by atoms with van der Waals surface area (Å²) in [7, 11) is 0. The Balaban J connectivity index is 1.72. The highest BCUT2D eigenvalue weighted by Crippen LogP contribution is 2.44. The minimum Gasteiger partial charge on any atom is -0.380 e. The van der Waals surface area contributed by atoms with Crippen molar-refractivity contribution in [3.8, 4) is 0 Å². The van der Waals surface area contributed by atoms with Gasteiger partial charge in [0.25, 0.3) is 0 Å². The van der Waals surface area contributed by atoms with Crippen molar-refractivity contribution in [2.75, 3.05) is 13.2 Å². The monoisotopic (exact) mass is 238 g/mol. The lowest BCUT2D eigenvalue weighted by molar-refractivity contribution is 0.00528. The van der Waals surface area contributed by atoms with Crippen LogP contribution < -0.4 is 0 Å². The van der Waals surface area contributed by atoms with Crippen LogP contribution in [0.2, 0.25) is 0 Å². The molecule has 2 saturated carbocycles. The van der Waals surface area contributed by atoms with Gasteiger partial charge in [-0.2, -0.15) is 0 Å². The molecule has 0 aromatic heterocycles. The van der Waals surface area contributed by atoms with Crippen LogP contribution in [0.15, 0.2) is 0 Å². The lowest BCUT2D eigenvalue weighted by Gasteiger charge is -2.28. The Morgan fingerprint density at radius 2 is 1.29 bits per heavy atom. The first-order valence-electron chi connectivity index (χ1n) is 7.49. The van der Waals surface area contributed by atoms with Crippen LogP contribution in [0.1, 0.15) is 66.2 Å². The quantitative estimate of drug-likeness (QED) is 0.692. The zero-order valence-corrected chi connectivity index (χ0v) is 12.2. The number of hydrogen-bond donors (Lipinski definition) is 0. The van der Waals surface area contributed by atoms with Gasteiger partial charge in [0.1, 0.15) is 0 Å². The summed E-state index contributed by atoms with van der Waals surface area (Å²) in [5, 5.41) is 0. The molecule has 0 heterocycles. The van der Waals surface area contributed by atoms with Crippen molar-refractivity contribution in [3.63, 3.8) is 0 Å². The Kier molecular flexibility index (Phi) is 3.87. The zero-order chi connectivity index (χ0) is 12.5. The summed E-state index contributed by atoms with van der Waals surface area (Å²) in [4.78, 5) is 0. The smallest absolute Gasteiger partial charge is 0.0520 e. The summed E-state index contributed by atoms with van der Waals surface area (Å²) in [5.74, 6) is 1.82. The van der Waals surface area contributed by atoms with Crippen molar-refractivity contribution in [2.24, 2.45) is 22.7 Å². The molecule has 4 unspecified atom stereocenters. The van der Waals surface area contributed by atoms with Crippen LogP contribution in [0.5, 0.6) is 0 Å². The van der Waals surface area contributed by atoms with Crippen LogP contribution in [0.25, 0.3) is 0 Å². The fourth-order valence-electron chi connectivity index (χ4n) is 4.09. The molecule has 0 radical (unpaired) electrons. The molecule has 0 amide bonds. The predicted octanol–water partition coefficient (Wildman–Crippen LogP) is 4.66. The van der Waals surface area contributed by atoms with Gasteiger partial charge >= 0.3 is 0 Å². The van der Waals surface area contributed by atoms with E-state index in [1.807, 2.05) is 0 Å². The van der Waals surface area contributed by atoms with Gasteiger partial charge in [-0.25, -0.2) is 0 Å². The van der Waals surface area contributed by atoms with Gasteiger partial charge in [-0.3, -0.25) is 0 Å². The molecule has 2 aliphatic carbocycles. The van der Waals surface area contributed by atoms with Crippen LogP contribution >= 0.6 is 0 Å². The first kappa shape index (κ1) is 13.4. The Hall–Kier alpha value is -0.0400. The average Bonchev–Trinajstić information content (AvgIpc) is 2.72. The second kappa shape index (κ2) is 4.91.